The average Bonchev–Trinajstić information content (AvgIpc) is 3.28. The SMILES string of the molecule is COc1ccc(Cn2nnc3c(N4CCC(O)C4)nc(OC(C)C)nc32)cc1. The van der Waals surface area contributed by atoms with E-state index in [0.717, 1.165) is 11.3 Å². The molecule has 1 aliphatic heterocycles. The Morgan fingerprint density at radius 2 is 2.00 bits per heavy atom. The molecule has 28 heavy (non-hydrogen) atoms. The molecule has 2 aromatic heterocycles. The predicted molar refractivity (Wildman–Crippen MR) is 104 cm³/mol. The van der Waals surface area contributed by atoms with Crippen molar-refractivity contribution in [2.75, 3.05) is 25.1 Å². The third kappa shape index (κ3) is 3.70. The van der Waals surface area contributed by atoms with Crippen molar-refractivity contribution in [1.82, 2.24) is 25.0 Å². The zero-order valence-corrected chi connectivity index (χ0v) is 16.2. The molecule has 3 heterocycles. The van der Waals surface area contributed by atoms with E-state index in [1.165, 1.54) is 0 Å². The highest BCUT2D eigenvalue weighted by Gasteiger charge is 2.26. The van der Waals surface area contributed by atoms with Gasteiger partial charge in [-0.3, -0.25) is 0 Å². The van der Waals surface area contributed by atoms with Gasteiger partial charge in [0.25, 0.3) is 0 Å². The number of hydrogen-bond donors (Lipinski definition) is 1. The van der Waals surface area contributed by atoms with Crippen molar-refractivity contribution in [3.63, 3.8) is 0 Å². The first-order valence-electron chi connectivity index (χ1n) is 9.37. The molecule has 1 saturated heterocycles. The Morgan fingerprint density at radius 3 is 2.64 bits per heavy atom. The predicted octanol–water partition coefficient (Wildman–Crippen LogP) is 1.64. The van der Waals surface area contributed by atoms with Gasteiger partial charge in [-0.2, -0.15) is 9.97 Å². The third-order valence-electron chi connectivity index (χ3n) is 4.62. The van der Waals surface area contributed by atoms with Crippen molar-refractivity contribution < 1.29 is 14.6 Å². The Bertz CT molecular complexity index is 956. The first-order chi connectivity index (χ1) is 13.5. The number of anilines is 1. The molecular formula is C19H24N6O3. The van der Waals surface area contributed by atoms with Crippen LogP contribution in [0.2, 0.25) is 0 Å². The Labute approximate surface area is 162 Å². The van der Waals surface area contributed by atoms with Gasteiger partial charge in [-0.25, -0.2) is 4.68 Å². The highest BCUT2D eigenvalue weighted by atomic mass is 16.5. The van der Waals surface area contributed by atoms with Crippen LogP contribution < -0.4 is 14.4 Å². The molecule has 9 heteroatoms. The van der Waals surface area contributed by atoms with E-state index in [9.17, 15) is 5.11 Å². The molecule has 0 amide bonds. The monoisotopic (exact) mass is 384 g/mol. The minimum absolute atomic E-state index is 0.0552. The summed E-state index contributed by atoms with van der Waals surface area (Å²) in [5, 5.41) is 18.5. The summed E-state index contributed by atoms with van der Waals surface area (Å²) in [6, 6.07) is 8.08. The summed E-state index contributed by atoms with van der Waals surface area (Å²) in [6.07, 6.45) is 0.278. The second-order valence-electron chi connectivity index (χ2n) is 7.15. The molecule has 1 unspecified atom stereocenters. The fourth-order valence-electron chi connectivity index (χ4n) is 3.25. The van der Waals surface area contributed by atoms with Crippen LogP contribution in [0.4, 0.5) is 5.82 Å². The molecule has 3 aromatic rings. The number of aliphatic hydroxyl groups excluding tert-OH is 1. The highest BCUT2D eigenvalue weighted by molar-refractivity contribution is 5.83. The Hall–Kier alpha value is -2.94. The number of rotatable bonds is 6. The zero-order chi connectivity index (χ0) is 19.7. The molecule has 1 fully saturated rings. The first kappa shape index (κ1) is 18.4. The van der Waals surface area contributed by atoms with Gasteiger partial charge in [-0.05, 0) is 38.0 Å². The molecule has 1 atom stereocenters. The van der Waals surface area contributed by atoms with E-state index in [2.05, 4.69) is 20.3 Å². The summed E-state index contributed by atoms with van der Waals surface area (Å²) < 4.78 is 12.7. The Kier molecular flexibility index (Phi) is 4.99. The van der Waals surface area contributed by atoms with E-state index in [1.54, 1.807) is 11.8 Å². The molecular weight excluding hydrogens is 360 g/mol. The number of ether oxygens (including phenoxy) is 2. The van der Waals surface area contributed by atoms with Crippen LogP contribution >= 0.6 is 0 Å². The highest BCUT2D eigenvalue weighted by Crippen LogP contribution is 2.28. The number of hydrogen-bond acceptors (Lipinski definition) is 8. The van der Waals surface area contributed by atoms with Crippen LogP contribution in [0.15, 0.2) is 24.3 Å². The molecule has 1 aliphatic rings. The maximum Gasteiger partial charge on any atom is 0.320 e. The number of nitrogens with zero attached hydrogens (tertiary/aromatic N) is 6. The van der Waals surface area contributed by atoms with Crippen LogP contribution in [0.1, 0.15) is 25.8 Å². The minimum Gasteiger partial charge on any atom is -0.497 e. The van der Waals surface area contributed by atoms with Gasteiger partial charge in [0.2, 0.25) is 0 Å². The summed E-state index contributed by atoms with van der Waals surface area (Å²) in [4.78, 5) is 11.1. The van der Waals surface area contributed by atoms with Crippen LogP contribution in [0.5, 0.6) is 11.8 Å². The molecule has 0 radical (unpaired) electrons. The lowest BCUT2D eigenvalue weighted by Crippen LogP contribution is -2.23. The quantitative estimate of drug-likeness (QED) is 0.685. The van der Waals surface area contributed by atoms with Gasteiger partial charge in [0.05, 0.1) is 25.9 Å². The number of aromatic nitrogens is 5. The number of fused-ring (bicyclic) bond motifs is 1. The minimum atomic E-state index is -0.367. The summed E-state index contributed by atoms with van der Waals surface area (Å²) in [5.41, 5.74) is 2.27. The van der Waals surface area contributed by atoms with Crippen LogP contribution in [0, 0.1) is 0 Å². The lowest BCUT2D eigenvalue weighted by atomic mass is 10.2. The van der Waals surface area contributed by atoms with Crippen molar-refractivity contribution in [1.29, 1.82) is 0 Å². The number of aliphatic hydroxyl groups is 1. The summed E-state index contributed by atoms with van der Waals surface area (Å²) >= 11 is 0. The third-order valence-corrected chi connectivity index (χ3v) is 4.62. The van der Waals surface area contributed by atoms with Crippen molar-refractivity contribution >= 4 is 17.0 Å². The lowest BCUT2D eigenvalue weighted by molar-refractivity contribution is 0.198. The van der Waals surface area contributed by atoms with Crippen molar-refractivity contribution in [3.8, 4) is 11.8 Å². The normalized spacial score (nSPS) is 16.9. The van der Waals surface area contributed by atoms with Crippen LogP contribution in [-0.2, 0) is 6.54 Å². The number of methoxy groups -OCH3 is 1. The van der Waals surface area contributed by atoms with Gasteiger partial charge < -0.3 is 19.5 Å². The molecule has 1 N–H and O–H groups in total. The summed E-state index contributed by atoms with van der Waals surface area (Å²) in [6.45, 7) is 5.60. The van der Waals surface area contributed by atoms with Crippen molar-refractivity contribution in [2.45, 2.75) is 39.0 Å². The summed E-state index contributed by atoms with van der Waals surface area (Å²) in [5.74, 6) is 1.45. The molecule has 0 spiro atoms. The fraction of sp³-hybridized carbons (Fsp3) is 0.474. The number of benzene rings is 1. The second-order valence-corrected chi connectivity index (χ2v) is 7.15. The summed E-state index contributed by atoms with van der Waals surface area (Å²) in [7, 11) is 1.64. The van der Waals surface area contributed by atoms with Gasteiger partial charge in [0.1, 0.15) is 5.75 Å². The van der Waals surface area contributed by atoms with Gasteiger partial charge >= 0.3 is 6.01 Å². The topological polar surface area (TPSA) is 98.4 Å². The van der Waals surface area contributed by atoms with E-state index in [1.807, 2.05) is 43.0 Å². The van der Waals surface area contributed by atoms with Crippen molar-refractivity contribution in [2.24, 2.45) is 0 Å². The Morgan fingerprint density at radius 1 is 1.21 bits per heavy atom. The number of β-amino-alcohol motifs (C(OH)–C–C–N with tert-alkyl or cyclic N) is 1. The molecule has 148 valence electrons. The zero-order valence-electron chi connectivity index (χ0n) is 16.2. The molecule has 4 rings (SSSR count). The van der Waals surface area contributed by atoms with E-state index in [0.29, 0.717) is 43.0 Å². The molecule has 1 aromatic carbocycles. The molecule has 0 aliphatic carbocycles. The standard InChI is InChI=1S/C19H24N6O3/c1-12(2)28-19-20-17(24-9-8-14(26)11-24)16-18(21-19)25(23-22-16)10-13-4-6-15(27-3)7-5-13/h4-7,12,14,26H,8-11H2,1-3H3. The first-order valence-corrected chi connectivity index (χ1v) is 9.37. The second kappa shape index (κ2) is 7.59. The van der Waals surface area contributed by atoms with Gasteiger partial charge in [0, 0.05) is 13.1 Å². The van der Waals surface area contributed by atoms with Gasteiger partial charge in [-0.15, -0.1) is 5.10 Å². The van der Waals surface area contributed by atoms with Crippen LogP contribution in [0.3, 0.4) is 0 Å². The smallest absolute Gasteiger partial charge is 0.320 e. The molecule has 0 bridgehead atoms. The molecule has 0 saturated carbocycles. The Balaban J connectivity index is 1.73. The average molecular weight is 384 g/mol. The van der Waals surface area contributed by atoms with E-state index < -0.39 is 0 Å². The maximum atomic E-state index is 9.92. The van der Waals surface area contributed by atoms with Crippen LogP contribution in [0.25, 0.3) is 11.2 Å². The fourth-order valence-corrected chi connectivity index (χ4v) is 3.25. The maximum absolute atomic E-state index is 9.92. The lowest BCUT2D eigenvalue weighted by Gasteiger charge is -2.18. The van der Waals surface area contributed by atoms with Gasteiger partial charge in [0.15, 0.2) is 17.0 Å². The van der Waals surface area contributed by atoms with Crippen LogP contribution in [-0.4, -0.2) is 62.5 Å². The molecule has 9 nitrogen and oxygen atoms in total. The van der Waals surface area contributed by atoms with Crippen molar-refractivity contribution in [3.05, 3.63) is 29.8 Å². The van der Waals surface area contributed by atoms with E-state index in [-0.39, 0.29) is 18.2 Å². The van der Waals surface area contributed by atoms with E-state index in [4.69, 9.17) is 9.47 Å². The van der Waals surface area contributed by atoms with E-state index >= 15 is 0 Å². The van der Waals surface area contributed by atoms with Gasteiger partial charge in [-0.1, -0.05) is 17.3 Å². The largest absolute Gasteiger partial charge is 0.497 e.